The highest BCUT2D eigenvalue weighted by atomic mass is 17.3. The van der Waals surface area contributed by atoms with Gasteiger partial charge >= 0.3 is 0 Å². The quantitative estimate of drug-likeness (QED) is 0.778. The van der Waals surface area contributed by atoms with E-state index in [-0.39, 0.29) is 5.92 Å². The third kappa shape index (κ3) is 1.46. The molecular formula is C15H18O5. The number of benzene rings is 1. The van der Waals surface area contributed by atoms with E-state index in [2.05, 4.69) is 0 Å². The van der Waals surface area contributed by atoms with Gasteiger partial charge in [0.1, 0.15) is 5.75 Å². The van der Waals surface area contributed by atoms with Gasteiger partial charge in [-0.15, -0.1) is 0 Å². The zero-order valence-electron chi connectivity index (χ0n) is 11.8. The van der Waals surface area contributed by atoms with Crippen molar-refractivity contribution in [3.63, 3.8) is 0 Å². The molecule has 4 saturated heterocycles. The van der Waals surface area contributed by atoms with E-state index in [0.29, 0.717) is 0 Å². The average molecular weight is 278 g/mol. The first-order chi connectivity index (χ1) is 9.50. The van der Waals surface area contributed by atoms with Gasteiger partial charge in [0, 0.05) is 12.0 Å². The zero-order valence-corrected chi connectivity index (χ0v) is 11.8. The Labute approximate surface area is 117 Å². The molecule has 0 unspecified atom stereocenters. The van der Waals surface area contributed by atoms with Gasteiger partial charge in [-0.1, -0.05) is 0 Å². The maximum Gasteiger partial charge on any atom is 0.238 e. The largest absolute Gasteiger partial charge is 0.497 e. The highest BCUT2D eigenvalue weighted by molar-refractivity contribution is 5.32. The molecule has 4 aliphatic heterocycles. The SMILES string of the molecule is COc1ccc([C@]23OO[C@@]4(C)O[C@](C)(CC[C@H]42)O3)cc1. The molecule has 0 saturated carbocycles. The van der Waals surface area contributed by atoms with Gasteiger partial charge in [0.05, 0.1) is 13.0 Å². The normalized spacial score (nSPS) is 45.6. The summed E-state index contributed by atoms with van der Waals surface area (Å²) in [6.45, 7) is 3.86. The lowest BCUT2D eigenvalue weighted by molar-refractivity contribution is -0.433. The lowest BCUT2D eigenvalue weighted by atomic mass is 9.76. The maximum absolute atomic E-state index is 6.17. The Morgan fingerprint density at radius 3 is 2.50 bits per heavy atom. The van der Waals surface area contributed by atoms with Crippen LogP contribution in [0.15, 0.2) is 24.3 Å². The van der Waals surface area contributed by atoms with E-state index in [1.54, 1.807) is 7.11 Å². The second-order valence-electron chi connectivity index (χ2n) is 6.01. The van der Waals surface area contributed by atoms with Gasteiger partial charge in [0.25, 0.3) is 0 Å². The predicted molar refractivity (Wildman–Crippen MR) is 68.5 cm³/mol. The van der Waals surface area contributed by atoms with E-state index in [9.17, 15) is 0 Å². The molecule has 4 heterocycles. The molecule has 5 heteroatoms. The summed E-state index contributed by atoms with van der Waals surface area (Å²) in [5, 5.41) is 0. The number of hydrogen-bond donors (Lipinski definition) is 0. The van der Waals surface area contributed by atoms with Crippen LogP contribution in [-0.4, -0.2) is 18.7 Å². The van der Waals surface area contributed by atoms with E-state index in [1.807, 2.05) is 38.1 Å². The van der Waals surface area contributed by atoms with Crippen molar-refractivity contribution in [3.05, 3.63) is 29.8 Å². The highest BCUT2D eigenvalue weighted by Crippen LogP contribution is 2.62. The molecule has 20 heavy (non-hydrogen) atoms. The Kier molecular flexibility index (Phi) is 2.35. The van der Waals surface area contributed by atoms with E-state index < -0.39 is 17.4 Å². The maximum atomic E-state index is 6.17. The Morgan fingerprint density at radius 2 is 1.85 bits per heavy atom. The fraction of sp³-hybridized carbons (Fsp3) is 0.600. The molecule has 0 radical (unpaired) electrons. The smallest absolute Gasteiger partial charge is 0.238 e. The first kappa shape index (κ1) is 12.6. The van der Waals surface area contributed by atoms with Crippen molar-refractivity contribution in [2.24, 2.45) is 5.92 Å². The first-order valence-electron chi connectivity index (χ1n) is 6.91. The minimum atomic E-state index is -0.883. The summed E-state index contributed by atoms with van der Waals surface area (Å²) < 4.78 is 17.3. The lowest BCUT2D eigenvalue weighted by Crippen LogP contribution is -2.62. The number of hydrogen-bond acceptors (Lipinski definition) is 5. The van der Waals surface area contributed by atoms with Crippen LogP contribution in [0.2, 0.25) is 0 Å². The fourth-order valence-corrected chi connectivity index (χ4v) is 3.64. The van der Waals surface area contributed by atoms with Crippen LogP contribution < -0.4 is 4.74 Å². The molecular weight excluding hydrogens is 260 g/mol. The fourth-order valence-electron chi connectivity index (χ4n) is 3.64. The van der Waals surface area contributed by atoms with Crippen molar-refractivity contribution < 1.29 is 24.0 Å². The molecule has 1 aromatic carbocycles. The number of ether oxygens (including phenoxy) is 3. The topological polar surface area (TPSA) is 46.2 Å². The molecule has 108 valence electrons. The minimum Gasteiger partial charge on any atom is -0.497 e. The number of fused-ring (bicyclic) bond motifs is 1. The van der Waals surface area contributed by atoms with Crippen LogP contribution in [-0.2, 0) is 25.0 Å². The molecule has 0 amide bonds. The Bertz CT molecular complexity index is 544. The van der Waals surface area contributed by atoms with Crippen LogP contribution in [0.4, 0.5) is 0 Å². The monoisotopic (exact) mass is 278 g/mol. The van der Waals surface area contributed by atoms with Crippen molar-refractivity contribution in [2.45, 2.75) is 44.1 Å². The van der Waals surface area contributed by atoms with Crippen molar-refractivity contribution in [1.82, 2.24) is 0 Å². The molecule has 5 rings (SSSR count). The molecule has 0 N–H and O–H groups in total. The van der Waals surface area contributed by atoms with E-state index >= 15 is 0 Å². The van der Waals surface area contributed by atoms with Gasteiger partial charge in [-0.25, -0.2) is 0 Å². The summed E-state index contributed by atoms with van der Waals surface area (Å²) in [5.74, 6) is -1.47. The van der Waals surface area contributed by atoms with E-state index in [0.717, 1.165) is 24.2 Å². The average Bonchev–Trinajstić information content (AvgIpc) is 2.66. The van der Waals surface area contributed by atoms with Crippen molar-refractivity contribution in [2.75, 3.05) is 7.11 Å². The third-order valence-electron chi connectivity index (χ3n) is 4.59. The van der Waals surface area contributed by atoms with Crippen molar-refractivity contribution in [1.29, 1.82) is 0 Å². The molecule has 0 spiro atoms. The van der Waals surface area contributed by atoms with Crippen LogP contribution in [0.5, 0.6) is 5.75 Å². The van der Waals surface area contributed by atoms with Gasteiger partial charge < -0.3 is 14.2 Å². The standard InChI is InChI=1S/C15H18O5/c1-13-9-8-12-14(2,17-13)19-20-15(12,18-13)10-4-6-11(16-3)7-5-10/h4-7,12H,8-9H2,1-3H3/t12-,13+,14-,15+/m1/s1. The summed E-state index contributed by atoms with van der Waals surface area (Å²) in [4.78, 5) is 11.1. The Morgan fingerprint density at radius 1 is 1.10 bits per heavy atom. The number of methoxy groups -OCH3 is 1. The highest BCUT2D eigenvalue weighted by Gasteiger charge is 2.72. The summed E-state index contributed by atoms with van der Waals surface area (Å²) in [6, 6.07) is 7.71. The Balaban J connectivity index is 1.80. The van der Waals surface area contributed by atoms with E-state index in [4.69, 9.17) is 24.0 Å². The molecule has 4 aliphatic rings. The first-order valence-corrected chi connectivity index (χ1v) is 6.91. The molecule has 1 aromatic rings. The minimum absolute atomic E-state index is 0.0187. The van der Waals surface area contributed by atoms with Gasteiger partial charge in [0.15, 0.2) is 5.79 Å². The summed E-state index contributed by atoms with van der Waals surface area (Å²) in [6.07, 6.45) is 1.79. The van der Waals surface area contributed by atoms with Gasteiger partial charge in [0.2, 0.25) is 11.6 Å². The molecule has 4 bridgehead atoms. The second-order valence-corrected chi connectivity index (χ2v) is 6.01. The molecule has 0 aromatic heterocycles. The molecule has 4 fully saturated rings. The van der Waals surface area contributed by atoms with Gasteiger partial charge in [-0.3, -0.25) is 0 Å². The van der Waals surface area contributed by atoms with Gasteiger partial charge in [-0.2, -0.15) is 9.78 Å². The Hall–Kier alpha value is -1.14. The molecule has 4 atom stereocenters. The van der Waals surface area contributed by atoms with Crippen LogP contribution in [0.1, 0.15) is 32.3 Å². The van der Waals surface area contributed by atoms with Crippen LogP contribution in [0.25, 0.3) is 0 Å². The summed E-state index contributed by atoms with van der Waals surface area (Å²) >= 11 is 0. The zero-order chi connectivity index (χ0) is 14.0. The van der Waals surface area contributed by atoms with E-state index in [1.165, 1.54) is 0 Å². The number of rotatable bonds is 2. The summed E-state index contributed by atoms with van der Waals surface area (Å²) in [7, 11) is 1.65. The predicted octanol–water partition coefficient (Wildman–Crippen LogP) is 2.70. The van der Waals surface area contributed by atoms with Gasteiger partial charge in [-0.05, 0) is 44.5 Å². The second kappa shape index (κ2) is 3.74. The van der Waals surface area contributed by atoms with Crippen LogP contribution in [0, 0.1) is 5.92 Å². The molecule has 0 aliphatic carbocycles. The van der Waals surface area contributed by atoms with Crippen molar-refractivity contribution >= 4 is 0 Å². The lowest BCUT2D eigenvalue weighted by Gasteiger charge is -2.54. The van der Waals surface area contributed by atoms with Crippen molar-refractivity contribution in [3.8, 4) is 5.75 Å². The van der Waals surface area contributed by atoms with Crippen LogP contribution >= 0.6 is 0 Å². The van der Waals surface area contributed by atoms with Crippen LogP contribution in [0.3, 0.4) is 0 Å². The molecule has 5 nitrogen and oxygen atoms in total. The third-order valence-corrected chi connectivity index (χ3v) is 4.59. The summed E-state index contributed by atoms with van der Waals surface area (Å²) in [5.41, 5.74) is 0.932.